The minimum Gasteiger partial charge on any atom is -0.465 e. The van der Waals surface area contributed by atoms with Crippen molar-refractivity contribution < 1.29 is 13.9 Å². The molecule has 1 aromatic heterocycles. The van der Waals surface area contributed by atoms with Crippen molar-refractivity contribution in [1.29, 1.82) is 0 Å². The predicted molar refractivity (Wildman–Crippen MR) is 93.5 cm³/mol. The molecule has 2 aromatic carbocycles. The van der Waals surface area contributed by atoms with Gasteiger partial charge in [-0.3, -0.25) is 4.79 Å². The van der Waals surface area contributed by atoms with Crippen molar-refractivity contribution in [3.05, 3.63) is 69.8 Å². The quantitative estimate of drug-likeness (QED) is 0.333. The number of nitrogens with two attached hydrogens (primary N) is 1. The molecule has 3 aromatic rings. The number of fused-ring (bicyclic) bond motifs is 1. The molecule has 25 heavy (non-hydrogen) atoms. The number of ether oxygens (including phenoxy) is 1. The maximum atomic E-state index is 13.0. The summed E-state index contributed by atoms with van der Waals surface area (Å²) in [6.45, 7) is 0. The molecule has 128 valence electrons. The van der Waals surface area contributed by atoms with Gasteiger partial charge in [0.05, 0.1) is 23.6 Å². The highest BCUT2D eigenvalue weighted by molar-refractivity contribution is 7.98. The molecule has 0 saturated heterocycles. The predicted octanol–water partition coefficient (Wildman–Crippen LogP) is 2.33. The van der Waals surface area contributed by atoms with Crippen molar-refractivity contribution in [2.75, 3.05) is 13.0 Å². The smallest absolute Gasteiger partial charge is 0.337 e. The van der Waals surface area contributed by atoms with Gasteiger partial charge >= 0.3 is 5.97 Å². The number of carbonyl (C=O) groups is 1. The van der Waals surface area contributed by atoms with Crippen molar-refractivity contribution in [3.8, 4) is 0 Å². The van der Waals surface area contributed by atoms with Gasteiger partial charge < -0.3 is 10.6 Å². The van der Waals surface area contributed by atoms with Crippen LogP contribution in [0.5, 0.6) is 0 Å². The average molecular weight is 359 g/mol. The summed E-state index contributed by atoms with van der Waals surface area (Å²) >= 11 is 1.24. The number of aromatic nitrogens is 2. The molecule has 0 unspecified atom stereocenters. The van der Waals surface area contributed by atoms with E-state index in [9.17, 15) is 14.0 Å². The highest BCUT2D eigenvalue weighted by atomic mass is 32.2. The second kappa shape index (κ2) is 6.94. The summed E-state index contributed by atoms with van der Waals surface area (Å²) in [5.74, 6) is 5.47. The van der Waals surface area contributed by atoms with Crippen LogP contribution in [-0.2, 0) is 10.5 Å². The SMILES string of the molecule is COC(=O)c1ccc2c(=O)n(N)c(SCc3ccc(F)cc3)nc2c1. The van der Waals surface area contributed by atoms with E-state index in [0.717, 1.165) is 10.2 Å². The summed E-state index contributed by atoms with van der Waals surface area (Å²) in [5, 5.41) is 0.602. The maximum absolute atomic E-state index is 13.0. The first-order valence-electron chi connectivity index (χ1n) is 7.27. The van der Waals surface area contributed by atoms with Gasteiger partial charge in [-0.15, -0.1) is 0 Å². The van der Waals surface area contributed by atoms with Crippen molar-refractivity contribution in [3.63, 3.8) is 0 Å². The zero-order chi connectivity index (χ0) is 18.0. The topological polar surface area (TPSA) is 87.2 Å². The molecule has 3 rings (SSSR count). The molecule has 8 heteroatoms. The van der Waals surface area contributed by atoms with Crippen LogP contribution in [0.15, 0.2) is 52.4 Å². The number of nitrogen functional groups attached to an aromatic ring is 1. The second-order valence-electron chi connectivity index (χ2n) is 5.21. The summed E-state index contributed by atoms with van der Waals surface area (Å²) in [5.41, 5.74) is 1.11. The lowest BCUT2D eigenvalue weighted by Gasteiger charge is -2.09. The molecule has 0 spiro atoms. The number of carbonyl (C=O) groups excluding carboxylic acids is 1. The number of thioether (sulfide) groups is 1. The van der Waals surface area contributed by atoms with Crippen LogP contribution >= 0.6 is 11.8 Å². The van der Waals surface area contributed by atoms with Crippen LogP contribution in [-0.4, -0.2) is 22.7 Å². The van der Waals surface area contributed by atoms with Gasteiger partial charge in [-0.25, -0.2) is 18.8 Å². The summed E-state index contributed by atoms with van der Waals surface area (Å²) in [4.78, 5) is 28.4. The van der Waals surface area contributed by atoms with Crippen molar-refractivity contribution >= 4 is 28.6 Å². The molecule has 0 aliphatic rings. The van der Waals surface area contributed by atoms with E-state index in [1.54, 1.807) is 12.1 Å². The van der Waals surface area contributed by atoms with E-state index >= 15 is 0 Å². The van der Waals surface area contributed by atoms with E-state index in [1.165, 1.54) is 49.2 Å². The summed E-state index contributed by atoms with van der Waals surface area (Å²) in [7, 11) is 1.28. The third-order valence-corrected chi connectivity index (χ3v) is 4.60. The van der Waals surface area contributed by atoms with Crippen LogP contribution in [0.3, 0.4) is 0 Å². The fourth-order valence-corrected chi connectivity index (χ4v) is 3.13. The molecular weight excluding hydrogens is 345 g/mol. The number of rotatable bonds is 4. The highest BCUT2D eigenvalue weighted by Crippen LogP contribution is 2.21. The molecule has 0 bridgehead atoms. The van der Waals surface area contributed by atoms with Gasteiger partial charge in [0.15, 0.2) is 5.16 Å². The number of methoxy groups -OCH3 is 1. The Hall–Kier alpha value is -2.87. The first kappa shape index (κ1) is 17.0. The Morgan fingerprint density at radius 3 is 2.68 bits per heavy atom. The van der Waals surface area contributed by atoms with Gasteiger partial charge in [-0.05, 0) is 35.9 Å². The molecule has 2 N–H and O–H groups in total. The molecular formula is C17H14FN3O3S. The first-order valence-corrected chi connectivity index (χ1v) is 8.25. The lowest BCUT2D eigenvalue weighted by atomic mass is 10.1. The lowest BCUT2D eigenvalue weighted by Crippen LogP contribution is -2.29. The van der Waals surface area contributed by atoms with Gasteiger partial charge in [0.1, 0.15) is 5.82 Å². The Labute approximate surface area is 146 Å². The van der Waals surface area contributed by atoms with Gasteiger partial charge in [0, 0.05) is 5.75 Å². The highest BCUT2D eigenvalue weighted by Gasteiger charge is 2.13. The Morgan fingerprint density at radius 2 is 2.00 bits per heavy atom. The fourth-order valence-electron chi connectivity index (χ4n) is 2.25. The molecule has 0 fully saturated rings. The van der Waals surface area contributed by atoms with Gasteiger partial charge in [0.2, 0.25) is 0 Å². The Bertz CT molecular complexity index is 1000. The van der Waals surface area contributed by atoms with Crippen LogP contribution in [0.4, 0.5) is 4.39 Å². The largest absolute Gasteiger partial charge is 0.465 e. The van der Waals surface area contributed by atoms with E-state index in [-0.39, 0.29) is 5.82 Å². The number of hydrogen-bond acceptors (Lipinski definition) is 6. The summed E-state index contributed by atoms with van der Waals surface area (Å²) in [6, 6.07) is 10.5. The van der Waals surface area contributed by atoms with Gasteiger partial charge in [-0.2, -0.15) is 0 Å². The maximum Gasteiger partial charge on any atom is 0.337 e. The minimum atomic E-state index is -0.513. The first-order chi connectivity index (χ1) is 12.0. The second-order valence-corrected chi connectivity index (χ2v) is 6.15. The molecule has 0 aliphatic carbocycles. The van der Waals surface area contributed by atoms with E-state index < -0.39 is 11.5 Å². The van der Waals surface area contributed by atoms with Crippen LogP contribution < -0.4 is 11.4 Å². The Morgan fingerprint density at radius 1 is 1.28 bits per heavy atom. The number of nitrogens with zero attached hydrogens (tertiary/aromatic N) is 2. The number of benzene rings is 2. The minimum absolute atomic E-state index is 0.295. The zero-order valence-corrected chi connectivity index (χ0v) is 14.0. The standard InChI is InChI=1S/C17H14FN3O3S/c1-24-16(23)11-4-7-13-14(8-11)20-17(21(19)15(13)22)25-9-10-2-5-12(18)6-3-10/h2-8H,9,19H2,1H3. The van der Waals surface area contributed by atoms with E-state index in [1.807, 2.05) is 0 Å². The molecule has 0 saturated carbocycles. The van der Waals surface area contributed by atoms with E-state index in [2.05, 4.69) is 9.72 Å². The lowest BCUT2D eigenvalue weighted by molar-refractivity contribution is 0.0601. The zero-order valence-electron chi connectivity index (χ0n) is 13.2. The Balaban J connectivity index is 1.96. The number of hydrogen-bond donors (Lipinski definition) is 1. The molecule has 0 radical (unpaired) electrons. The Kier molecular flexibility index (Phi) is 4.71. The average Bonchev–Trinajstić information content (AvgIpc) is 2.63. The molecule has 0 atom stereocenters. The van der Waals surface area contributed by atoms with E-state index in [4.69, 9.17) is 5.84 Å². The van der Waals surface area contributed by atoms with Crippen LogP contribution in [0, 0.1) is 5.82 Å². The van der Waals surface area contributed by atoms with Crippen molar-refractivity contribution in [2.24, 2.45) is 0 Å². The van der Waals surface area contributed by atoms with Crippen LogP contribution in [0.2, 0.25) is 0 Å². The molecule has 1 heterocycles. The van der Waals surface area contributed by atoms with Crippen LogP contribution in [0.25, 0.3) is 10.9 Å². The van der Waals surface area contributed by atoms with Gasteiger partial charge in [0.25, 0.3) is 5.56 Å². The fraction of sp³-hybridized carbons (Fsp3) is 0.118. The molecule has 6 nitrogen and oxygen atoms in total. The third kappa shape index (κ3) is 3.48. The molecule has 0 aliphatic heterocycles. The monoisotopic (exact) mass is 359 g/mol. The normalized spacial score (nSPS) is 10.8. The van der Waals surface area contributed by atoms with Crippen molar-refractivity contribution in [2.45, 2.75) is 10.9 Å². The van der Waals surface area contributed by atoms with Crippen molar-refractivity contribution in [1.82, 2.24) is 9.66 Å². The number of esters is 1. The van der Waals surface area contributed by atoms with E-state index in [0.29, 0.717) is 27.4 Å². The molecule has 0 amide bonds. The third-order valence-electron chi connectivity index (χ3n) is 3.57. The summed E-state index contributed by atoms with van der Waals surface area (Å²) < 4.78 is 18.6. The summed E-state index contributed by atoms with van der Waals surface area (Å²) in [6.07, 6.45) is 0. The number of halogens is 1. The van der Waals surface area contributed by atoms with Gasteiger partial charge in [-0.1, -0.05) is 23.9 Å². The van der Waals surface area contributed by atoms with Crippen LogP contribution in [0.1, 0.15) is 15.9 Å².